The first-order valence-corrected chi connectivity index (χ1v) is 11.4. The Hall–Kier alpha value is -2.83. The Balaban J connectivity index is 0.00000204. The quantitative estimate of drug-likeness (QED) is 0.105. The van der Waals surface area contributed by atoms with Crippen LogP contribution >= 0.6 is 0 Å². The van der Waals surface area contributed by atoms with E-state index < -0.39 is 0 Å². The molecule has 2 aromatic heterocycles. The number of hydrazone groups is 1. The molecule has 8 heteroatoms. The van der Waals surface area contributed by atoms with Gasteiger partial charge < -0.3 is 24.8 Å². The molecule has 0 aliphatic heterocycles. The summed E-state index contributed by atoms with van der Waals surface area (Å²) >= 11 is 0. The Kier molecular flexibility index (Phi) is 10.6. The third-order valence-corrected chi connectivity index (χ3v) is 6.00. The van der Waals surface area contributed by atoms with E-state index in [2.05, 4.69) is 87.5 Å². The van der Waals surface area contributed by atoms with Crippen LogP contribution in [0.4, 0.5) is 5.69 Å². The maximum atomic E-state index is 4.74. The minimum absolute atomic E-state index is 0. The number of aryl methyl sites for hydroxylation is 4. The van der Waals surface area contributed by atoms with Gasteiger partial charge in [-0.15, -0.1) is 0 Å². The Labute approximate surface area is 215 Å². The van der Waals surface area contributed by atoms with Gasteiger partial charge in [0.1, 0.15) is 18.6 Å². The summed E-state index contributed by atoms with van der Waals surface area (Å²) in [5, 5.41) is 6.66. The lowest BCUT2D eigenvalue weighted by Crippen LogP contribution is -3.00. The number of rotatable bonds is 10. The summed E-state index contributed by atoms with van der Waals surface area (Å²) < 4.78 is 9.00. The third kappa shape index (κ3) is 6.61. The molecule has 34 heavy (non-hydrogen) atoms. The van der Waals surface area contributed by atoms with Crippen LogP contribution in [0.1, 0.15) is 31.5 Å². The molecular weight excluding hydrogens is 467 g/mol. The van der Waals surface area contributed by atoms with Crippen LogP contribution in [0.3, 0.4) is 0 Å². The average Bonchev–Trinajstić information content (AvgIpc) is 3.36. The van der Waals surface area contributed by atoms with Crippen molar-refractivity contribution in [1.82, 2.24) is 9.13 Å². The van der Waals surface area contributed by atoms with Crippen molar-refractivity contribution in [2.75, 3.05) is 12.1 Å². The lowest BCUT2D eigenvalue weighted by Gasteiger charge is -2.11. The first-order valence-electron chi connectivity index (χ1n) is 11.4. The van der Waals surface area contributed by atoms with E-state index in [0.717, 1.165) is 31.0 Å². The molecule has 0 spiro atoms. The van der Waals surface area contributed by atoms with E-state index in [1.165, 1.54) is 30.3 Å². The van der Waals surface area contributed by atoms with Crippen molar-refractivity contribution in [3.63, 3.8) is 0 Å². The number of halogens is 2. The van der Waals surface area contributed by atoms with E-state index in [0.29, 0.717) is 0 Å². The number of unbranched alkanes of at least 4 members (excludes halogenated alkanes) is 3. The SMILES string of the molecule is CN(/N=C/c1n(CCCCCCn2cc[n+](C)c2)c2ccccc2[n+]1C)c1ccccc1.[Cl-].[Cl-]. The molecule has 6 nitrogen and oxygen atoms in total. The highest BCUT2D eigenvalue weighted by Crippen LogP contribution is 2.16. The zero-order valence-electron chi connectivity index (χ0n) is 20.2. The highest BCUT2D eigenvalue weighted by molar-refractivity contribution is 5.81. The number of fused-ring (bicyclic) bond motifs is 1. The van der Waals surface area contributed by atoms with E-state index in [1.54, 1.807) is 0 Å². The molecule has 0 aliphatic rings. The summed E-state index contributed by atoms with van der Waals surface area (Å²) in [5.74, 6) is 1.12. The van der Waals surface area contributed by atoms with Crippen LogP contribution in [0.25, 0.3) is 11.0 Å². The average molecular weight is 502 g/mol. The maximum Gasteiger partial charge on any atom is 0.302 e. The molecule has 4 rings (SSSR count). The van der Waals surface area contributed by atoms with E-state index in [-0.39, 0.29) is 24.8 Å². The van der Waals surface area contributed by atoms with Gasteiger partial charge in [0.05, 0.1) is 32.9 Å². The number of anilines is 1. The van der Waals surface area contributed by atoms with E-state index in [1.807, 2.05) is 36.5 Å². The van der Waals surface area contributed by atoms with Crippen molar-refractivity contribution in [3.05, 3.63) is 79.1 Å². The zero-order valence-corrected chi connectivity index (χ0v) is 21.7. The largest absolute Gasteiger partial charge is 1.00 e. The molecule has 0 N–H and O–H groups in total. The van der Waals surface area contributed by atoms with Crippen LogP contribution in [-0.2, 0) is 27.2 Å². The molecule has 0 amide bonds. The topological polar surface area (TPSA) is 33.2 Å². The van der Waals surface area contributed by atoms with Crippen LogP contribution in [0.5, 0.6) is 0 Å². The van der Waals surface area contributed by atoms with Crippen LogP contribution < -0.4 is 39.0 Å². The van der Waals surface area contributed by atoms with E-state index >= 15 is 0 Å². The normalized spacial score (nSPS) is 10.9. The zero-order chi connectivity index (χ0) is 22.3. The second kappa shape index (κ2) is 13.2. The molecule has 0 saturated heterocycles. The van der Waals surface area contributed by atoms with Gasteiger partial charge in [-0.3, -0.25) is 5.01 Å². The van der Waals surface area contributed by atoms with Gasteiger partial charge in [0.2, 0.25) is 6.33 Å². The number of benzene rings is 2. The minimum atomic E-state index is 0. The van der Waals surface area contributed by atoms with E-state index in [9.17, 15) is 0 Å². The maximum absolute atomic E-state index is 4.74. The van der Waals surface area contributed by atoms with Crippen molar-refractivity contribution >= 4 is 22.9 Å². The second-order valence-electron chi connectivity index (χ2n) is 8.39. The molecule has 0 saturated carbocycles. The Morgan fingerprint density at radius 3 is 2.26 bits per heavy atom. The van der Waals surface area contributed by atoms with Gasteiger partial charge in [0.25, 0.3) is 0 Å². The fourth-order valence-electron chi connectivity index (χ4n) is 4.20. The first kappa shape index (κ1) is 27.4. The van der Waals surface area contributed by atoms with Gasteiger partial charge in [0, 0.05) is 7.05 Å². The highest BCUT2D eigenvalue weighted by Gasteiger charge is 2.20. The molecule has 0 bridgehead atoms. The molecule has 182 valence electrons. The second-order valence-corrected chi connectivity index (χ2v) is 8.39. The molecular formula is C26H34Cl2N6. The molecule has 2 aromatic carbocycles. The molecule has 4 aromatic rings. The summed E-state index contributed by atoms with van der Waals surface area (Å²) in [6.45, 7) is 2.09. The minimum Gasteiger partial charge on any atom is -1.00 e. The Morgan fingerprint density at radius 1 is 0.882 bits per heavy atom. The van der Waals surface area contributed by atoms with Crippen molar-refractivity contribution in [2.45, 2.75) is 38.8 Å². The molecule has 0 radical (unpaired) electrons. The monoisotopic (exact) mass is 500 g/mol. The van der Waals surface area contributed by atoms with Gasteiger partial charge in [-0.05, 0) is 49.9 Å². The molecule has 0 atom stereocenters. The Bertz CT molecular complexity index is 1180. The number of para-hydroxylation sites is 3. The van der Waals surface area contributed by atoms with Crippen molar-refractivity contribution < 1.29 is 33.9 Å². The molecule has 0 unspecified atom stereocenters. The lowest BCUT2D eigenvalue weighted by atomic mass is 10.2. The number of imidazole rings is 2. The predicted molar refractivity (Wildman–Crippen MR) is 130 cm³/mol. The lowest BCUT2D eigenvalue weighted by molar-refractivity contribution is -0.671. The number of nitrogens with zero attached hydrogens (tertiary/aromatic N) is 6. The van der Waals surface area contributed by atoms with Gasteiger partial charge in [-0.25, -0.2) is 18.3 Å². The molecule has 2 heterocycles. The van der Waals surface area contributed by atoms with E-state index in [4.69, 9.17) is 5.10 Å². The fourth-order valence-corrected chi connectivity index (χ4v) is 4.20. The number of hydrogen-bond acceptors (Lipinski definition) is 2. The van der Waals surface area contributed by atoms with Gasteiger partial charge in [-0.2, -0.15) is 5.10 Å². The Morgan fingerprint density at radius 2 is 1.56 bits per heavy atom. The van der Waals surface area contributed by atoms with Crippen molar-refractivity contribution in [3.8, 4) is 0 Å². The summed E-state index contributed by atoms with van der Waals surface area (Å²) in [5.41, 5.74) is 3.57. The fraction of sp³-hybridized carbons (Fsp3) is 0.346. The summed E-state index contributed by atoms with van der Waals surface area (Å²) in [7, 11) is 6.18. The smallest absolute Gasteiger partial charge is 0.302 e. The molecule has 0 aliphatic carbocycles. The van der Waals surface area contributed by atoms with Gasteiger partial charge in [-0.1, -0.05) is 30.3 Å². The number of aromatic nitrogens is 4. The standard InChI is InChI=1S/C26H34N6.2ClH/c1-28-19-20-31(22-28)17-11-4-5-12-18-32-25-16-10-9-15-24(25)29(2)26(32)21-27-30(3)23-13-7-6-8-14-23;;/h6-10,13-16,19-22H,4-5,11-12,17-18H2,1-3H3;2*1H/q+2;;/p-2. The van der Waals surface area contributed by atoms with Crippen LogP contribution in [0, 0.1) is 0 Å². The highest BCUT2D eigenvalue weighted by atomic mass is 35.5. The predicted octanol–water partition coefficient (Wildman–Crippen LogP) is -2.17. The van der Waals surface area contributed by atoms with Crippen molar-refractivity contribution in [2.24, 2.45) is 19.2 Å². The molecule has 0 fully saturated rings. The first-order chi connectivity index (χ1) is 15.6. The third-order valence-electron chi connectivity index (χ3n) is 6.00. The van der Waals surface area contributed by atoms with Crippen LogP contribution in [0.2, 0.25) is 0 Å². The van der Waals surface area contributed by atoms with Crippen LogP contribution in [0.15, 0.2) is 78.4 Å². The van der Waals surface area contributed by atoms with Crippen LogP contribution in [-0.4, -0.2) is 22.4 Å². The van der Waals surface area contributed by atoms with Gasteiger partial charge in [0.15, 0.2) is 11.0 Å². The summed E-state index contributed by atoms with van der Waals surface area (Å²) in [4.78, 5) is 0. The summed E-state index contributed by atoms with van der Waals surface area (Å²) in [6, 6.07) is 18.8. The van der Waals surface area contributed by atoms with Gasteiger partial charge >= 0.3 is 5.82 Å². The van der Waals surface area contributed by atoms with Crippen molar-refractivity contribution in [1.29, 1.82) is 0 Å². The summed E-state index contributed by atoms with van der Waals surface area (Å²) in [6.07, 6.45) is 13.2. The number of hydrogen-bond donors (Lipinski definition) is 0.